The van der Waals surface area contributed by atoms with E-state index < -0.39 is 12.1 Å². The van der Waals surface area contributed by atoms with E-state index in [0.29, 0.717) is 15.6 Å². The number of hydrogen-bond donors (Lipinski definition) is 3. The number of aromatic carboxylic acids is 1. The maximum absolute atomic E-state index is 11.5. The smallest absolute Gasteiger partial charge is 0.416 e. The van der Waals surface area contributed by atoms with E-state index in [9.17, 15) is 19.8 Å². The standard InChI is InChI=1S/C21H15N3O4/c25-20(26)18-10-16-17(11-22-12-19(16)24(18)21(27)28)23-15-8-6-14(7-9-15)13-4-2-1-3-5-13/h1-12,23H,(H,25,26)(H,27,28). The van der Waals surface area contributed by atoms with Gasteiger partial charge in [-0.15, -0.1) is 0 Å². The van der Waals surface area contributed by atoms with Crippen LogP contribution in [0.2, 0.25) is 0 Å². The van der Waals surface area contributed by atoms with Gasteiger partial charge < -0.3 is 15.5 Å². The number of rotatable bonds is 4. The van der Waals surface area contributed by atoms with E-state index in [2.05, 4.69) is 10.3 Å². The molecule has 0 amide bonds. The van der Waals surface area contributed by atoms with Gasteiger partial charge >= 0.3 is 12.1 Å². The molecule has 4 rings (SSSR count). The molecule has 0 saturated carbocycles. The molecule has 0 saturated heterocycles. The summed E-state index contributed by atoms with van der Waals surface area (Å²) in [6, 6.07) is 19.0. The van der Waals surface area contributed by atoms with Crippen LogP contribution >= 0.6 is 0 Å². The Morgan fingerprint density at radius 1 is 0.893 bits per heavy atom. The largest absolute Gasteiger partial charge is 0.477 e. The van der Waals surface area contributed by atoms with Crippen LogP contribution in [0.15, 0.2) is 73.1 Å². The van der Waals surface area contributed by atoms with E-state index in [1.165, 1.54) is 18.5 Å². The SMILES string of the molecule is O=C(O)c1cc2c(Nc3ccc(-c4ccccc4)cc3)cncc2n1C(=O)O. The van der Waals surface area contributed by atoms with Crippen molar-refractivity contribution in [2.45, 2.75) is 0 Å². The van der Waals surface area contributed by atoms with E-state index in [4.69, 9.17) is 0 Å². The molecule has 0 bridgehead atoms. The minimum absolute atomic E-state index is 0.204. The van der Waals surface area contributed by atoms with E-state index in [0.717, 1.165) is 16.8 Å². The number of pyridine rings is 1. The van der Waals surface area contributed by atoms with Crippen molar-refractivity contribution >= 4 is 34.3 Å². The first-order valence-corrected chi connectivity index (χ1v) is 8.43. The first-order chi connectivity index (χ1) is 13.5. The molecule has 2 heterocycles. The number of nitrogens with zero attached hydrogens (tertiary/aromatic N) is 2. The van der Waals surface area contributed by atoms with Crippen LogP contribution in [0.4, 0.5) is 16.2 Å². The van der Waals surface area contributed by atoms with E-state index in [-0.39, 0.29) is 11.2 Å². The molecule has 7 nitrogen and oxygen atoms in total. The topological polar surface area (TPSA) is 104 Å². The van der Waals surface area contributed by atoms with Gasteiger partial charge in [-0.1, -0.05) is 42.5 Å². The summed E-state index contributed by atoms with van der Waals surface area (Å²) in [5.41, 5.74) is 3.32. The van der Waals surface area contributed by atoms with Gasteiger partial charge in [-0.25, -0.2) is 14.2 Å². The molecule has 2 aromatic carbocycles. The zero-order chi connectivity index (χ0) is 19.7. The number of hydrogen-bond acceptors (Lipinski definition) is 4. The summed E-state index contributed by atoms with van der Waals surface area (Å²) in [7, 11) is 0. The lowest BCUT2D eigenvalue weighted by molar-refractivity contribution is 0.0684. The Labute approximate surface area is 159 Å². The summed E-state index contributed by atoms with van der Waals surface area (Å²) in [6.45, 7) is 0. The van der Waals surface area contributed by atoms with Crippen molar-refractivity contribution in [2.24, 2.45) is 0 Å². The van der Waals surface area contributed by atoms with Crippen LogP contribution in [0.1, 0.15) is 10.5 Å². The minimum atomic E-state index is -1.38. The van der Waals surface area contributed by atoms with Crippen LogP contribution in [0, 0.1) is 0 Å². The van der Waals surface area contributed by atoms with Crippen molar-refractivity contribution in [3.05, 3.63) is 78.8 Å². The van der Waals surface area contributed by atoms with Crippen LogP contribution in [0.3, 0.4) is 0 Å². The van der Waals surface area contributed by atoms with Gasteiger partial charge in [0.15, 0.2) is 0 Å². The van der Waals surface area contributed by atoms with Crippen molar-refractivity contribution in [1.82, 2.24) is 9.55 Å². The number of carboxylic acid groups (broad SMARTS) is 2. The van der Waals surface area contributed by atoms with Gasteiger partial charge in [0, 0.05) is 11.1 Å². The summed E-state index contributed by atoms with van der Waals surface area (Å²) in [5, 5.41) is 22.3. The Morgan fingerprint density at radius 3 is 2.21 bits per heavy atom. The Morgan fingerprint density at radius 2 is 1.57 bits per heavy atom. The summed E-state index contributed by atoms with van der Waals surface area (Å²) in [6.07, 6.45) is 1.49. The highest BCUT2D eigenvalue weighted by Gasteiger charge is 2.21. The lowest BCUT2D eigenvalue weighted by Crippen LogP contribution is -2.14. The molecule has 0 aliphatic carbocycles. The van der Waals surface area contributed by atoms with Gasteiger partial charge in [0.25, 0.3) is 0 Å². The summed E-state index contributed by atoms with van der Waals surface area (Å²) < 4.78 is 0.717. The second-order valence-electron chi connectivity index (χ2n) is 6.14. The Balaban J connectivity index is 1.71. The highest BCUT2D eigenvalue weighted by Crippen LogP contribution is 2.29. The van der Waals surface area contributed by atoms with Gasteiger partial charge in [0.2, 0.25) is 0 Å². The molecule has 0 fully saturated rings. The van der Waals surface area contributed by atoms with Crippen LogP contribution in [0.25, 0.3) is 22.0 Å². The number of anilines is 2. The Hall–Kier alpha value is -4.13. The molecular weight excluding hydrogens is 358 g/mol. The van der Waals surface area contributed by atoms with Gasteiger partial charge in [0.1, 0.15) is 5.69 Å². The lowest BCUT2D eigenvalue weighted by atomic mass is 10.1. The highest BCUT2D eigenvalue weighted by molar-refractivity contribution is 6.04. The van der Waals surface area contributed by atoms with Crippen LogP contribution < -0.4 is 5.32 Å². The second kappa shape index (κ2) is 6.88. The van der Waals surface area contributed by atoms with E-state index in [1.807, 2.05) is 54.6 Å². The molecule has 0 aliphatic heterocycles. The average molecular weight is 373 g/mol. The third kappa shape index (κ3) is 3.05. The van der Waals surface area contributed by atoms with Crippen molar-refractivity contribution in [3.8, 4) is 11.1 Å². The molecule has 0 aliphatic rings. The number of aromatic nitrogens is 2. The fourth-order valence-corrected chi connectivity index (χ4v) is 3.12. The van der Waals surface area contributed by atoms with Gasteiger partial charge in [0.05, 0.1) is 23.6 Å². The number of carboxylic acids is 1. The van der Waals surface area contributed by atoms with Crippen molar-refractivity contribution < 1.29 is 19.8 Å². The van der Waals surface area contributed by atoms with Crippen LogP contribution in [-0.2, 0) is 0 Å². The zero-order valence-corrected chi connectivity index (χ0v) is 14.5. The Bertz CT molecular complexity index is 1180. The lowest BCUT2D eigenvalue weighted by Gasteiger charge is -2.09. The molecule has 7 heteroatoms. The Kier molecular flexibility index (Phi) is 4.25. The first-order valence-electron chi connectivity index (χ1n) is 8.43. The van der Waals surface area contributed by atoms with E-state index in [1.54, 1.807) is 0 Å². The maximum Gasteiger partial charge on any atom is 0.416 e. The van der Waals surface area contributed by atoms with Crippen LogP contribution in [-0.4, -0.2) is 31.8 Å². The average Bonchev–Trinajstić information content (AvgIpc) is 3.11. The second-order valence-corrected chi connectivity index (χ2v) is 6.14. The molecule has 138 valence electrons. The number of carbonyl (C=O) groups is 2. The fourth-order valence-electron chi connectivity index (χ4n) is 3.12. The summed E-state index contributed by atoms with van der Waals surface area (Å²) in [4.78, 5) is 27.0. The van der Waals surface area contributed by atoms with Gasteiger partial charge in [-0.3, -0.25) is 4.98 Å². The van der Waals surface area contributed by atoms with Gasteiger partial charge in [-0.2, -0.15) is 0 Å². The zero-order valence-electron chi connectivity index (χ0n) is 14.5. The summed E-state index contributed by atoms with van der Waals surface area (Å²) in [5.74, 6) is -1.32. The first kappa shape index (κ1) is 17.3. The third-order valence-corrected chi connectivity index (χ3v) is 4.41. The molecule has 0 atom stereocenters. The summed E-state index contributed by atoms with van der Waals surface area (Å²) >= 11 is 0. The molecule has 28 heavy (non-hydrogen) atoms. The number of nitrogens with one attached hydrogen (secondary N) is 1. The maximum atomic E-state index is 11.5. The number of benzene rings is 2. The van der Waals surface area contributed by atoms with Crippen LogP contribution in [0.5, 0.6) is 0 Å². The third-order valence-electron chi connectivity index (χ3n) is 4.41. The molecule has 0 unspecified atom stereocenters. The van der Waals surface area contributed by atoms with Gasteiger partial charge in [-0.05, 0) is 29.3 Å². The van der Waals surface area contributed by atoms with Crippen molar-refractivity contribution in [3.63, 3.8) is 0 Å². The molecule has 4 aromatic rings. The van der Waals surface area contributed by atoms with Crippen molar-refractivity contribution in [1.29, 1.82) is 0 Å². The predicted molar refractivity (Wildman–Crippen MR) is 105 cm³/mol. The highest BCUT2D eigenvalue weighted by atomic mass is 16.4. The van der Waals surface area contributed by atoms with Crippen molar-refractivity contribution in [2.75, 3.05) is 5.32 Å². The number of fused-ring (bicyclic) bond motifs is 1. The molecule has 0 spiro atoms. The minimum Gasteiger partial charge on any atom is -0.477 e. The monoisotopic (exact) mass is 373 g/mol. The molecular formula is C21H15N3O4. The molecule has 2 aromatic heterocycles. The molecule has 3 N–H and O–H groups in total. The predicted octanol–water partition coefficient (Wildman–Crippen LogP) is 4.67. The normalized spacial score (nSPS) is 10.7. The van der Waals surface area contributed by atoms with E-state index >= 15 is 0 Å². The fraction of sp³-hybridized carbons (Fsp3) is 0. The molecule has 0 radical (unpaired) electrons. The quantitative estimate of drug-likeness (QED) is 0.480.